The van der Waals surface area contributed by atoms with E-state index in [4.69, 9.17) is 11.6 Å². The summed E-state index contributed by atoms with van der Waals surface area (Å²) in [6.07, 6.45) is -3.01. The third-order valence-corrected chi connectivity index (χ3v) is 3.99. The van der Waals surface area contributed by atoms with Crippen LogP contribution in [0.15, 0.2) is 60.8 Å². The molecule has 0 unspecified atom stereocenters. The normalized spacial score (nSPS) is 11.2. The highest BCUT2D eigenvalue weighted by molar-refractivity contribution is 6.31. The number of benzene rings is 2. The summed E-state index contributed by atoms with van der Waals surface area (Å²) < 4.78 is 51.2. The van der Waals surface area contributed by atoms with Gasteiger partial charge in [-0.15, -0.1) is 0 Å². The molecule has 0 aliphatic heterocycles. The van der Waals surface area contributed by atoms with Crippen LogP contribution in [0.5, 0.6) is 0 Å². The molecule has 1 aromatic heterocycles. The molecule has 1 amide bonds. The fourth-order valence-electron chi connectivity index (χ4n) is 2.34. The molecule has 2 N–H and O–H groups in total. The van der Waals surface area contributed by atoms with Crippen molar-refractivity contribution in [2.24, 2.45) is 0 Å². The number of pyridine rings is 1. The maximum atomic E-state index is 13.3. The van der Waals surface area contributed by atoms with E-state index in [-0.39, 0.29) is 22.1 Å². The summed E-state index contributed by atoms with van der Waals surface area (Å²) in [5, 5.41) is 5.28. The van der Waals surface area contributed by atoms with Gasteiger partial charge < -0.3 is 10.6 Å². The Hall–Kier alpha value is -3.13. The number of halogens is 5. The number of anilines is 3. The van der Waals surface area contributed by atoms with E-state index in [1.807, 2.05) is 0 Å². The maximum Gasteiger partial charge on any atom is 0.416 e. The van der Waals surface area contributed by atoms with Crippen LogP contribution in [0.4, 0.5) is 34.8 Å². The number of hydrogen-bond donors (Lipinski definition) is 2. The van der Waals surface area contributed by atoms with Crippen LogP contribution in [0.3, 0.4) is 0 Å². The van der Waals surface area contributed by atoms with E-state index in [0.29, 0.717) is 5.69 Å². The number of nitrogens with zero attached hydrogens (tertiary/aromatic N) is 1. The van der Waals surface area contributed by atoms with Gasteiger partial charge in [0, 0.05) is 17.6 Å². The van der Waals surface area contributed by atoms with Crippen LogP contribution in [0.1, 0.15) is 15.9 Å². The largest absolute Gasteiger partial charge is 0.416 e. The molecule has 0 aliphatic carbocycles. The Kier molecular flexibility index (Phi) is 5.51. The van der Waals surface area contributed by atoms with Crippen LogP contribution in [0.2, 0.25) is 5.02 Å². The minimum Gasteiger partial charge on any atom is -0.340 e. The SMILES string of the molecule is O=C(Nc1ccc(C(F)(F)F)cc1)c1cccnc1Nc1ccc(F)c(Cl)c1. The molecule has 0 spiro atoms. The summed E-state index contributed by atoms with van der Waals surface area (Å²) in [4.78, 5) is 16.6. The lowest BCUT2D eigenvalue weighted by atomic mass is 10.2. The predicted octanol–water partition coefficient (Wildman–Crippen LogP) is 5.89. The van der Waals surface area contributed by atoms with Gasteiger partial charge in [0.2, 0.25) is 0 Å². The Morgan fingerprint density at radius 1 is 1.00 bits per heavy atom. The topological polar surface area (TPSA) is 54.0 Å². The zero-order chi connectivity index (χ0) is 20.3. The van der Waals surface area contributed by atoms with Gasteiger partial charge in [0.05, 0.1) is 16.1 Å². The Labute approximate surface area is 162 Å². The molecule has 1 heterocycles. The summed E-state index contributed by atoms with van der Waals surface area (Å²) in [5.41, 5.74) is -0.0726. The highest BCUT2D eigenvalue weighted by Gasteiger charge is 2.30. The van der Waals surface area contributed by atoms with Crippen LogP contribution < -0.4 is 10.6 Å². The molecule has 2 aromatic carbocycles. The smallest absolute Gasteiger partial charge is 0.340 e. The highest BCUT2D eigenvalue weighted by atomic mass is 35.5. The second-order valence-corrected chi connectivity index (χ2v) is 6.09. The van der Waals surface area contributed by atoms with Crippen LogP contribution in [-0.4, -0.2) is 10.9 Å². The van der Waals surface area contributed by atoms with Gasteiger partial charge in [0.15, 0.2) is 0 Å². The number of alkyl halides is 3. The highest BCUT2D eigenvalue weighted by Crippen LogP contribution is 2.30. The lowest BCUT2D eigenvalue weighted by Crippen LogP contribution is -2.15. The second-order valence-electron chi connectivity index (χ2n) is 5.68. The number of aromatic nitrogens is 1. The van der Waals surface area contributed by atoms with Gasteiger partial charge in [-0.05, 0) is 54.6 Å². The first-order chi connectivity index (χ1) is 13.2. The van der Waals surface area contributed by atoms with Crippen molar-refractivity contribution in [3.05, 3.63) is 82.8 Å². The Morgan fingerprint density at radius 2 is 1.68 bits per heavy atom. The van der Waals surface area contributed by atoms with Crippen LogP contribution in [0.25, 0.3) is 0 Å². The fourth-order valence-corrected chi connectivity index (χ4v) is 2.52. The number of nitrogens with one attached hydrogen (secondary N) is 2. The van der Waals surface area contributed by atoms with Gasteiger partial charge in [0.1, 0.15) is 11.6 Å². The van der Waals surface area contributed by atoms with Crippen molar-refractivity contribution in [3.63, 3.8) is 0 Å². The molecule has 0 aliphatic rings. The van der Waals surface area contributed by atoms with Gasteiger partial charge in [0.25, 0.3) is 5.91 Å². The van der Waals surface area contributed by atoms with E-state index in [1.54, 1.807) is 0 Å². The monoisotopic (exact) mass is 409 g/mol. The maximum absolute atomic E-state index is 13.3. The van der Waals surface area contributed by atoms with E-state index >= 15 is 0 Å². The quantitative estimate of drug-likeness (QED) is 0.528. The molecule has 144 valence electrons. The molecule has 0 radical (unpaired) electrons. The number of carbonyl (C=O) groups is 1. The summed E-state index contributed by atoms with van der Waals surface area (Å²) >= 11 is 5.74. The molecule has 3 aromatic rings. The lowest BCUT2D eigenvalue weighted by Gasteiger charge is -2.12. The van der Waals surface area contributed by atoms with E-state index in [1.165, 1.54) is 30.5 Å². The predicted molar refractivity (Wildman–Crippen MR) is 98.3 cm³/mol. The Morgan fingerprint density at radius 3 is 2.32 bits per heavy atom. The standard InChI is InChI=1S/C19H12ClF4N3O/c20-15-10-13(7-8-16(15)21)26-17-14(2-1-9-25-17)18(28)27-12-5-3-11(4-6-12)19(22,23)24/h1-10H,(H,25,26)(H,27,28). The molecule has 0 atom stereocenters. The molecule has 3 rings (SSSR count). The summed E-state index contributed by atoms with van der Waals surface area (Å²) in [5.74, 6) is -0.994. The van der Waals surface area contributed by atoms with E-state index in [9.17, 15) is 22.4 Å². The van der Waals surface area contributed by atoms with Crippen molar-refractivity contribution in [1.82, 2.24) is 4.98 Å². The number of carbonyl (C=O) groups excluding carboxylic acids is 1. The van der Waals surface area contributed by atoms with Crippen LogP contribution in [0, 0.1) is 5.82 Å². The molecular weight excluding hydrogens is 398 g/mol. The fraction of sp³-hybridized carbons (Fsp3) is 0.0526. The molecule has 28 heavy (non-hydrogen) atoms. The van der Waals surface area contributed by atoms with Gasteiger partial charge in [-0.25, -0.2) is 9.37 Å². The number of amides is 1. The minimum absolute atomic E-state index is 0.100. The van der Waals surface area contributed by atoms with E-state index in [0.717, 1.165) is 30.3 Å². The van der Waals surface area contributed by atoms with Crippen LogP contribution >= 0.6 is 11.6 Å². The third kappa shape index (κ3) is 4.58. The molecule has 0 saturated heterocycles. The zero-order valence-electron chi connectivity index (χ0n) is 14.0. The van der Waals surface area contributed by atoms with Gasteiger partial charge in [-0.2, -0.15) is 13.2 Å². The number of rotatable bonds is 4. The summed E-state index contributed by atoms with van der Waals surface area (Å²) in [6.45, 7) is 0. The molecule has 0 bridgehead atoms. The Bertz CT molecular complexity index is 1010. The molecule has 9 heteroatoms. The van der Waals surface area contributed by atoms with E-state index in [2.05, 4.69) is 15.6 Å². The minimum atomic E-state index is -4.46. The zero-order valence-corrected chi connectivity index (χ0v) is 14.8. The summed E-state index contributed by atoms with van der Waals surface area (Å²) in [7, 11) is 0. The average molecular weight is 410 g/mol. The molecular formula is C19H12ClF4N3O. The number of hydrogen-bond acceptors (Lipinski definition) is 3. The molecule has 4 nitrogen and oxygen atoms in total. The van der Waals surface area contributed by atoms with Crippen molar-refractivity contribution < 1.29 is 22.4 Å². The van der Waals surface area contributed by atoms with Crippen molar-refractivity contribution in [2.45, 2.75) is 6.18 Å². The first-order valence-electron chi connectivity index (χ1n) is 7.90. The van der Waals surface area contributed by atoms with Gasteiger partial charge in [-0.3, -0.25) is 4.79 Å². The summed E-state index contributed by atoms with van der Waals surface area (Å²) in [6, 6.07) is 11.0. The lowest BCUT2D eigenvalue weighted by molar-refractivity contribution is -0.137. The van der Waals surface area contributed by atoms with Crippen molar-refractivity contribution >= 4 is 34.7 Å². The average Bonchev–Trinajstić information content (AvgIpc) is 2.65. The first-order valence-corrected chi connectivity index (χ1v) is 8.27. The Balaban J connectivity index is 1.80. The molecule has 0 fully saturated rings. The molecule has 0 saturated carbocycles. The van der Waals surface area contributed by atoms with Crippen molar-refractivity contribution in [1.29, 1.82) is 0 Å². The van der Waals surface area contributed by atoms with Gasteiger partial charge >= 0.3 is 6.18 Å². The second kappa shape index (κ2) is 7.85. The van der Waals surface area contributed by atoms with E-state index < -0.39 is 23.5 Å². The third-order valence-electron chi connectivity index (χ3n) is 3.70. The van der Waals surface area contributed by atoms with Gasteiger partial charge in [-0.1, -0.05) is 11.6 Å². The van der Waals surface area contributed by atoms with Crippen molar-refractivity contribution in [2.75, 3.05) is 10.6 Å². The van der Waals surface area contributed by atoms with Crippen LogP contribution in [-0.2, 0) is 6.18 Å². The van der Waals surface area contributed by atoms with Crippen molar-refractivity contribution in [3.8, 4) is 0 Å². The first kappa shape index (κ1) is 19.6.